The van der Waals surface area contributed by atoms with E-state index in [0.29, 0.717) is 0 Å². The Balaban J connectivity index is 1.99. The van der Waals surface area contributed by atoms with Crippen molar-refractivity contribution in [3.8, 4) is 0 Å². The minimum atomic E-state index is -3.82. The first-order valence-electron chi connectivity index (χ1n) is 4.64. The fourth-order valence-corrected chi connectivity index (χ4v) is 19.0. The van der Waals surface area contributed by atoms with Crippen LogP contribution in [0.2, 0.25) is 0 Å². The molecule has 1 N–H and O–H groups in total. The van der Waals surface area contributed by atoms with Crippen LogP contribution in [0.4, 0.5) is 0 Å². The van der Waals surface area contributed by atoms with Gasteiger partial charge < -0.3 is 0 Å². The van der Waals surface area contributed by atoms with Gasteiger partial charge in [0.2, 0.25) is 0 Å². The van der Waals surface area contributed by atoms with Gasteiger partial charge in [-0.3, -0.25) is 0 Å². The molecular formula is C9H11AsO3S3. The summed E-state index contributed by atoms with van der Waals surface area (Å²) in [5.41, 5.74) is 0. The first-order valence-corrected chi connectivity index (χ1v) is 13.6. The van der Waals surface area contributed by atoms with E-state index in [1.54, 1.807) is 10.0 Å². The first kappa shape index (κ1) is 12.8. The Morgan fingerprint density at radius 3 is 2.69 bits per heavy atom. The molecule has 3 nitrogen and oxygen atoms in total. The summed E-state index contributed by atoms with van der Waals surface area (Å²) in [6.45, 7) is 0. The molecule has 2 atom stereocenters. The van der Waals surface area contributed by atoms with Gasteiger partial charge in [-0.05, 0) is 0 Å². The molecular weight excluding hydrogens is 327 g/mol. The molecule has 0 bridgehead atoms. The van der Waals surface area contributed by atoms with Crippen LogP contribution in [-0.4, -0.2) is 42.1 Å². The molecule has 0 aliphatic carbocycles. The second-order valence-corrected chi connectivity index (χ2v) is 16.4. The maximum atomic E-state index is 10.8. The minimum absolute atomic E-state index is 0.0557. The SMILES string of the molecule is O=S(=O)(O)CC1CS[As](c2ccccc2)S1. The summed E-state index contributed by atoms with van der Waals surface area (Å²) in [6.07, 6.45) is 0. The Labute approximate surface area is 106 Å². The van der Waals surface area contributed by atoms with E-state index in [1.165, 1.54) is 4.35 Å². The third-order valence-electron chi connectivity index (χ3n) is 1.99. The van der Waals surface area contributed by atoms with E-state index in [1.807, 2.05) is 28.2 Å². The van der Waals surface area contributed by atoms with Crippen LogP contribution in [0.25, 0.3) is 0 Å². The van der Waals surface area contributed by atoms with Crippen molar-refractivity contribution in [2.75, 3.05) is 11.5 Å². The zero-order valence-electron chi connectivity index (χ0n) is 8.31. The molecule has 1 saturated heterocycles. The third-order valence-corrected chi connectivity index (χ3v) is 17.0. The standard InChI is InChI=1S/C9H11AsO3S3/c11-16(12,13)7-9-6-14-10(15-9)8-4-2-1-3-5-8/h1-5,9H,6-7H2,(H,11,12,13). The fraction of sp³-hybridized carbons (Fsp3) is 0.333. The monoisotopic (exact) mass is 338 g/mol. The zero-order chi connectivity index (χ0) is 11.6. The van der Waals surface area contributed by atoms with Crippen LogP contribution in [0, 0.1) is 0 Å². The molecule has 2 unspecified atom stereocenters. The van der Waals surface area contributed by atoms with Crippen LogP contribution in [0.5, 0.6) is 0 Å². The second-order valence-electron chi connectivity index (χ2n) is 3.36. The molecule has 1 aromatic carbocycles. The van der Waals surface area contributed by atoms with Crippen LogP contribution in [0.3, 0.4) is 0 Å². The quantitative estimate of drug-likeness (QED) is 0.661. The normalized spacial score (nSPS) is 25.8. The van der Waals surface area contributed by atoms with Crippen molar-refractivity contribution in [2.24, 2.45) is 0 Å². The van der Waals surface area contributed by atoms with Crippen molar-refractivity contribution < 1.29 is 13.0 Å². The molecule has 0 aromatic heterocycles. The summed E-state index contributed by atoms with van der Waals surface area (Å²) in [4.78, 5) is 0. The summed E-state index contributed by atoms with van der Waals surface area (Å²) >= 11 is -1.20. The van der Waals surface area contributed by atoms with Gasteiger partial charge in [-0.15, -0.1) is 0 Å². The van der Waals surface area contributed by atoms with E-state index in [0.717, 1.165) is 5.75 Å². The maximum absolute atomic E-state index is 10.8. The summed E-state index contributed by atoms with van der Waals surface area (Å²) in [7, 11) is -0.186. The van der Waals surface area contributed by atoms with Crippen molar-refractivity contribution in [1.82, 2.24) is 0 Å². The molecule has 7 heteroatoms. The van der Waals surface area contributed by atoms with Crippen LogP contribution in [-0.2, 0) is 10.1 Å². The molecule has 0 amide bonds. The van der Waals surface area contributed by atoms with Crippen LogP contribution in [0.15, 0.2) is 30.3 Å². The molecule has 1 fully saturated rings. The molecule has 2 rings (SSSR count). The molecule has 0 spiro atoms. The Morgan fingerprint density at radius 1 is 1.38 bits per heavy atom. The average molecular weight is 338 g/mol. The van der Waals surface area contributed by atoms with Gasteiger partial charge in [0.25, 0.3) is 0 Å². The Kier molecular flexibility index (Phi) is 4.30. The molecule has 1 aliphatic heterocycles. The van der Waals surface area contributed by atoms with E-state index < -0.39 is 22.5 Å². The van der Waals surface area contributed by atoms with Crippen molar-refractivity contribution in [2.45, 2.75) is 5.25 Å². The molecule has 88 valence electrons. The van der Waals surface area contributed by atoms with Crippen molar-refractivity contribution >= 4 is 46.9 Å². The number of rotatable bonds is 3. The summed E-state index contributed by atoms with van der Waals surface area (Å²) < 4.78 is 31.7. The van der Waals surface area contributed by atoms with Gasteiger partial charge in [-0.1, -0.05) is 0 Å². The van der Waals surface area contributed by atoms with Crippen LogP contribution in [0.1, 0.15) is 0 Å². The zero-order valence-corrected chi connectivity index (χ0v) is 12.6. The predicted octanol–water partition coefficient (Wildman–Crippen LogP) is 1.12. The van der Waals surface area contributed by atoms with Gasteiger partial charge in [0.05, 0.1) is 0 Å². The Hall–Kier alpha value is 0.388. The molecule has 0 radical (unpaired) electrons. The summed E-state index contributed by atoms with van der Waals surface area (Å²) in [5.74, 6) is 0.724. The number of benzene rings is 1. The van der Waals surface area contributed by atoms with E-state index >= 15 is 0 Å². The van der Waals surface area contributed by atoms with E-state index in [-0.39, 0.29) is 11.0 Å². The van der Waals surface area contributed by atoms with Gasteiger partial charge in [0.15, 0.2) is 0 Å². The Bertz CT molecular complexity index is 448. The predicted molar refractivity (Wildman–Crippen MR) is 72.1 cm³/mol. The van der Waals surface area contributed by atoms with Gasteiger partial charge >= 0.3 is 107 Å². The molecule has 1 heterocycles. The van der Waals surface area contributed by atoms with Gasteiger partial charge in [0, 0.05) is 0 Å². The van der Waals surface area contributed by atoms with Gasteiger partial charge in [0.1, 0.15) is 0 Å². The van der Waals surface area contributed by atoms with Gasteiger partial charge in [-0.25, -0.2) is 0 Å². The van der Waals surface area contributed by atoms with Crippen LogP contribution >= 0.6 is 20.0 Å². The average Bonchev–Trinajstić information content (AvgIpc) is 2.65. The van der Waals surface area contributed by atoms with E-state index in [2.05, 4.69) is 12.1 Å². The number of hydrogen-bond donors (Lipinski definition) is 1. The second kappa shape index (κ2) is 5.36. The first-order chi connectivity index (χ1) is 7.54. The third kappa shape index (κ3) is 3.70. The molecule has 1 aromatic rings. The fourth-order valence-electron chi connectivity index (χ4n) is 1.35. The van der Waals surface area contributed by atoms with E-state index in [4.69, 9.17) is 4.55 Å². The topological polar surface area (TPSA) is 54.4 Å². The molecule has 1 aliphatic rings. The Morgan fingerprint density at radius 2 is 2.06 bits per heavy atom. The molecule has 16 heavy (non-hydrogen) atoms. The van der Waals surface area contributed by atoms with Gasteiger partial charge in [-0.2, -0.15) is 0 Å². The van der Waals surface area contributed by atoms with E-state index in [9.17, 15) is 8.42 Å². The van der Waals surface area contributed by atoms with Crippen molar-refractivity contribution in [3.63, 3.8) is 0 Å². The van der Waals surface area contributed by atoms with Crippen molar-refractivity contribution in [3.05, 3.63) is 30.3 Å². The summed E-state index contributed by atoms with van der Waals surface area (Å²) in [6, 6.07) is 10.2. The number of hydrogen-bond acceptors (Lipinski definition) is 4. The molecule has 0 saturated carbocycles. The summed E-state index contributed by atoms with van der Waals surface area (Å²) in [5, 5.41) is 0.0557. The van der Waals surface area contributed by atoms with Crippen LogP contribution < -0.4 is 4.35 Å². The van der Waals surface area contributed by atoms with Crippen molar-refractivity contribution in [1.29, 1.82) is 0 Å².